The first-order valence-electron chi connectivity index (χ1n) is 11.3. The number of nitro benzene ring substituents is 1. The number of ketones is 1. The number of nitrogens with zero attached hydrogens (tertiary/aromatic N) is 2. The normalized spacial score (nSPS) is 18.5. The zero-order chi connectivity index (χ0) is 24.7. The van der Waals surface area contributed by atoms with Crippen LogP contribution >= 0.6 is 11.8 Å². The van der Waals surface area contributed by atoms with E-state index < -0.39 is 10.8 Å². The predicted octanol–water partition coefficient (Wildman–Crippen LogP) is 5.17. The Hall–Kier alpha value is -3.72. The Kier molecular flexibility index (Phi) is 5.80. The van der Waals surface area contributed by atoms with Gasteiger partial charge < -0.3 is 10.3 Å². The molecule has 0 amide bonds. The van der Waals surface area contributed by atoms with Crippen LogP contribution in [-0.2, 0) is 10.5 Å². The third-order valence-electron chi connectivity index (χ3n) is 6.36. The van der Waals surface area contributed by atoms with Gasteiger partial charge in [-0.25, -0.2) is 4.98 Å². The molecule has 2 aliphatic rings. The van der Waals surface area contributed by atoms with Crippen LogP contribution in [0.15, 0.2) is 75.8 Å². The molecule has 0 fully saturated rings. The number of H-pyrrole nitrogens is 1. The van der Waals surface area contributed by atoms with Crippen LogP contribution in [0.1, 0.15) is 49.3 Å². The van der Waals surface area contributed by atoms with Gasteiger partial charge in [-0.3, -0.25) is 19.7 Å². The smallest absolute Gasteiger partial charge is 0.269 e. The van der Waals surface area contributed by atoms with Crippen LogP contribution in [0.5, 0.6) is 0 Å². The van der Waals surface area contributed by atoms with Gasteiger partial charge in [0.15, 0.2) is 10.9 Å². The van der Waals surface area contributed by atoms with E-state index in [4.69, 9.17) is 4.98 Å². The second-order valence-electron chi connectivity index (χ2n) is 9.65. The monoisotopic (exact) mass is 488 g/mol. The van der Waals surface area contributed by atoms with Crippen molar-refractivity contribution in [3.63, 3.8) is 0 Å². The third kappa shape index (κ3) is 4.51. The molecule has 0 radical (unpaired) electrons. The summed E-state index contributed by atoms with van der Waals surface area (Å²) < 4.78 is 0. The maximum Gasteiger partial charge on any atom is 0.269 e. The molecule has 2 aromatic carbocycles. The van der Waals surface area contributed by atoms with Crippen molar-refractivity contribution in [2.75, 3.05) is 5.32 Å². The van der Waals surface area contributed by atoms with E-state index in [9.17, 15) is 19.7 Å². The first-order valence-corrected chi connectivity index (χ1v) is 12.3. The highest BCUT2D eigenvalue weighted by molar-refractivity contribution is 7.98. The summed E-state index contributed by atoms with van der Waals surface area (Å²) in [5, 5.41) is 14.9. The molecule has 0 spiro atoms. The van der Waals surface area contributed by atoms with Crippen molar-refractivity contribution < 1.29 is 9.72 Å². The van der Waals surface area contributed by atoms with Gasteiger partial charge in [-0.15, -0.1) is 0 Å². The number of hydrogen-bond donors (Lipinski definition) is 2. The van der Waals surface area contributed by atoms with Crippen LogP contribution in [-0.4, -0.2) is 20.7 Å². The summed E-state index contributed by atoms with van der Waals surface area (Å²) in [6.45, 7) is 4.08. The lowest BCUT2D eigenvalue weighted by Crippen LogP contribution is -2.37. The number of carbonyl (C=O) groups excluding carboxylic acids is 1. The number of allylic oxidation sites excluding steroid dienone is 2. The molecule has 2 heterocycles. The highest BCUT2D eigenvalue weighted by Gasteiger charge is 2.42. The Morgan fingerprint density at radius 3 is 2.49 bits per heavy atom. The minimum Gasteiger partial charge on any atom is -0.343 e. The van der Waals surface area contributed by atoms with E-state index in [-0.39, 0.29) is 22.4 Å². The second kappa shape index (κ2) is 8.81. The van der Waals surface area contributed by atoms with Crippen molar-refractivity contribution in [1.29, 1.82) is 0 Å². The van der Waals surface area contributed by atoms with E-state index in [1.54, 1.807) is 12.1 Å². The maximum atomic E-state index is 13.4. The molecule has 0 bridgehead atoms. The summed E-state index contributed by atoms with van der Waals surface area (Å²) in [7, 11) is 0. The Bertz CT molecular complexity index is 1410. The van der Waals surface area contributed by atoms with Crippen LogP contribution in [0.3, 0.4) is 0 Å². The Morgan fingerprint density at radius 2 is 1.80 bits per heavy atom. The molecular formula is C26H24N4O4S. The van der Waals surface area contributed by atoms with Gasteiger partial charge in [0.25, 0.3) is 11.2 Å². The molecule has 1 aromatic heterocycles. The van der Waals surface area contributed by atoms with Gasteiger partial charge in [0.05, 0.1) is 10.5 Å². The molecule has 8 nitrogen and oxygen atoms in total. The number of Topliss-reactive ketones (excluding diaryl/α,β-unsaturated/α-hetero) is 1. The first kappa shape index (κ1) is 23.0. The van der Waals surface area contributed by atoms with Crippen LogP contribution in [0.25, 0.3) is 0 Å². The topological polar surface area (TPSA) is 118 Å². The van der Waals surface area contributed by atoms with Crippen LogP contribution < -0.4 is 10.9 Å². The molecule has 2 N–H and O–H groups in total. The highest BCUT2D eigenvalue weighted by Crippen LogP contribution is 2.47. The summed E-state index contributed by atoms with van der Waals surface area (Å²) >= 11 is 1.43. The Labute approximate surface area is 206 Å². The lowest BCUT2D eigenvalue weighted by molar-refractivity contribution is -0.384. The molecule has 9 heteroatoms. The van der Waals surface area contributed by atoms with E-state index >= 15 is 0 Å². The van der Waals surface area contributed by atoms with E-state index in [2.05, 4.69) is 10.3 Å². The zero-order valence-corrected chi connectivity index (χ0v) is 20.1. The van der Waals surface area contributed by atoms with Gasteiger partial charge >= 0.3 is 0 Å². The van der Waals surface area contributed by atoms with E-state index in [0.717, 1.165) is 11.3 Å². The van der Waals surface area contributed by atoms with Crippen molar-refractivity contribution in [1.82, 2.24) is 9.97 Å². The Morgan fingerprint density at radius 1 is 1.09 bits per heavy atom. The molecule has 1 atom stereocenters. The number of hydrogen-bond acceptors (Lipinski definition) is 7. The van der Waals surface area contributed by atoms with Gasteiger partial charge in [-0.1, -0.05) is 68.1 Å². The molecule has 5 rings (SSSR count). The summed E-state index contributed by atoms with van der Waals surface area (Å²) in [4.78, 5) is 45.0. The average Bonchev–Trinajstić information content (AvgIpc) is 2.81. The first-order chi connectivity index (χ1) is 16.7. The Balaban J connectivity index is 1.59. The summed E-state index contributed by atoms with van der Waals surface area (Å²) in [6.07, 6.45) is 1.00. The lowest BCUT2D eigenvalue weighted by atomic mass is 9.69. The molecular weight excluding hydrogens is 464 g/mol. The number of carbonyl (C=O) groups is 1. The van der Waals surface area contributed by atoms with Gasteiger partial charge in [0, 0.05) is 41.5 Å². The number of non-ortho nitro benzene ring substituents is 1. The van der Waals surface area contributed by atoms with Gasteiger partial charge in [-0.05, 0) is 23.0 Å². The van der Waals surface area contributed by atoms with E-state index in [1.165, 1.54) is 23.9 Å². The standard InChI is InChI=1S/C26H24N4O4S/c1-26(2)12-18-21(19(31)13-26)20(16-8-10-17(11-9-16)30(33)34)22-23(27-18)28-25(29-24(22)32)35-14-15-6-4-3-5-7-15/h3-11,20H,12-14H2,1-2H3,(H2,27,28,29,32)/t20-/m0/s1. The fraction of sp³-hybridized carbons (Fsp3) is 0.269. The average molecular weight is 489 g/mol. The molecule has 35 heavy (non-hydrogen) atoms. The van der Waals surface area contributed by atoms with Crippen molar-refractivity contribution >= 4 is 29.1 Å². The van der Waals surface area contributed by atoms with Gasteiger partial charge in [-0.2, -0.15) is 0 Å². The fourth-order valence-corrected chi connectivity index (χ4v) is 5.63. The number of fused-ring (bicyclic) bond motifs is 1. The number of anilines is 1. The van der Waals surface area contributed by atoms with Gasteiger partial charge in [0.1, 0.15) is 5.82 Å². The van der Waals surface area contributed by atoms with Crippen LogP contribution in [0.2, 0.25) is 0 Å². The molecule has 0 saturated carbocycles. The lowest BCUT2D eigenvalue weighted by Gasteiger charge is -2.38. The molecule has 3 aromatic rings. The van der Waals surface area contributed by atoms with Crippen LogP contribution in [0.4, 0.5) is 11.5 Å². The number of aromatic amines is 1. The minimum absolute atomic E-state index is 0.0281. The number of nitro groups is 1. The number of nitrogens with one attached hydrogen (secondary N) is 2. The molecule has 0 saturated heterocycles. The summed E-state index contributed by atoms with van der Waals surface area (Å²) in [5.41, 5.74) is 2.82. The fourth-order valence-electron chi connectivity index (χ4n) is 4.81. The number of rotatable bonds is 5. The molecule has 1 aliphatic heterocycles. The number of benzene rings is 2. The van der Waals surface area contributed by atoms with E-state index in [0.29, 0.717) is 46.3 Å². The SMILES string of the molecule is CC1(C)CC(=O)C2=C(C1)Nc1nc(SCc3ccccc3)[nH]c(=O)c1[C@H]2c1ccc([N+](=O)[O-])cc1. The summed E-state index contributed by atoms with van der Waals surface area (Å²) in [5.74, 6) is 0.403. The van der Waals surface area contributed by atoms with Crippen LogP contribution in [0, 0.1) is 15.5 Å². The van der Waals surface area contributed by atoms with Crippen molar-refractivity contribution in [3.8, 4) is 0 Å². The molecule has 0 unspecified atom stereocenters. The number of thioether (sulfide) groups is 1. The summed E-state index contributed by atoms with van der Waals surface area (Å²) in [6, 6.07) is 15.9. The zero-order valence-electron chi connectivity index (χ0n) is 19.3. The van der Waals surface area contributed by atoms with Crippen molar-refractivity contribution in [2.45, 2.75) is 43.5 Å². The molecule has 178 valence electrons. The molecule has 1 aliphatic carbocycles. The minimum atomic E-state index is -0.643. The highest BCUT2D eigenvalue weighted by atomic mass is 32.2. The predicted molar refractivity (Wildman–Crippen MR) is 134 cm³/mol. The largest absolute Gasteiger partial charge is 0.343 e. The third-order valence-corrected chi connectivity index (χ3v) is 7.30. The van der Waals surface area contributed by atoms with Crippen molar-refractivity contribution in [2.24, 2.45) is 5.41 Å². The quantitative estimate of drug-likeness (QED) is 0.220. The van der Waals surface area contributed by atoms with Gasteiger partial charge in [0.2, 0.25) is 0 Å². The van der Waals surface area contributed by atoms with E-state index in [1.807, 2.05) is 44.2 Å². The number of aromatic nitrogens is 2. The van der Waals surface area contributed by atoms with Crippen molar-refractivity contribution in [3.05, 3.63) is 103 Å². The maximum absolute atomic E-state index is 13.4. The second-order valence-corrected chi connectivity index (χ2v) is 10.6.